The molecule has 0 heterocycles. The summed E-state index contributed by atoms with van der Waals surface area (Å²) in [7, 11) is 0. The molecular formula is C7H8NNaO2. The van der Waals surface area contributed by atoms with E-state index in [4.69, 9.17) is 5.11 Å². The van der Waals surface area contributed by atoms with Crippen molar-refractivity contribution in [1.82, 2.24) is 0 Å². The molecule has 11 heavy (non-hydrogen) atoms. The van der Waals surface area contributed by atoms with Crippen LogP contribution in [0.3, 0.4) is 0 Å². The summed E-state index contributed by atoms with van der Waals surface area (Å²) in [5.74, 6) is 0. The number of amides is 1. The van der Waals surface area contributed by atoms with E-state index < -0.39 is 6.09 Å². The zero-order valence-corrected chi connectivity index (χ0v) is 5.24. The van der Waals surface area contributed by atoms with Gasteiger partial charge in [-0.05, 0) is 12.1 Å². The van der Waals surface area contributed by atoms with Gasteiger partial charge in [0, 0.05) is 5.69 Å². The van der Waals surface area contributed by atoms with E-state index in [1.807, 2.05) is 6.07 Å². The first-order valence-corrected chi connectivity index (χ1v) is 2.84. The summed E-state index contributed by atoms with van der Waals surface area (Å²) in [6, 6.07) is 8.74. The Morgan fingerprint density at radius 1 is 1.27 bits per heavy atom. The topological polar surface area (TPSA) is 49.3 Å². The van der Waals surface area contributed by atoms with Gasteiger partial charge in [0.1, 0.15) is 0 Å². The van der Waals surface area contributed by atoms with Gasteiger partial charge in [-0.2, -0.15) is 0 Å². The molecule has 0 fully saturated rings. The van der Waals surface area contributed by atoms with Crippen molar-refractivity contribution in [1.29, 1.82) is 0 Å². The first-order chi connectivity index (χ1) is 4.79. The first kappa shape index (κ1) is 10.5. The molecule has 0 saturated heterocycles. The van der Waals surface area contributed by atoms with Crippen LogP contribution in [0.15, 0.2) is 30.3 Å². The molecule has 3 nitrogen and oxygen atoms in total. The van der Waals surface area contributed by atoms with E-state index in [2.05, 4.69) is 5.32 Å². The van der Waals surface area contributed by atoms with Gasteiger partial charge in [-0.25, -0.2) is 4.79 Å². The van der Waals surface area contributed by atoms with E-state index >= 15 is 0 Å². The van der Waals surface area contributed by atoms with E-state index in [0.717, 1.165) is 0 Å². The van der Waals surface area contributed by atoms with Crippen LogP contribution in [0.25, 0.3) is 0 Å². The van der Waals surface area contributed by atoms with Crippen molar-refractivity contribution in [2.24, 2.45) is 0 Å². The van der Waals surface area contributed by atoms with Crippen LogP contribution in [0.5, 0.6) is 0 Å². The number of anilines is 1. The van der Waals surface area contributed by atoms with Gasteiger partial charge in [0.05, 0.1) is 0 Å². The van der Waals surface area contributed by atoms with Crippen molar-refractivity contribution in [2.45, 2.75) is 0 Å². The second-order valence-electron chi connectivity index (χ2n) is 1.80. The van der Waals surface area contributed by atoms with E-state index in [9.17, 15) is 4.79 Å². The average Bonchev–Trinajstić information content (AvgIpc) is 1.88. The summed E-state index contributed by atoms with van der Waals surface area (Å²) in [5, 5.41) is 10.5. The minimum absolute atomic E-state index is 0. The number of hydrogen-bond acceptors (Lipinski definition) is 1. The number of benzene rings is 1. The van der Waals surface area contributed by atoms with Crippen molar-refractivity contribution in [2.75, 3.05) is 5.32 Å². The molecule has 0 atom stereocenters. The second kappa shape index (κ2) is 5.18. The van der Waals surface area contributed by atoms with Gasteiger partial charge in [0.2, 0.25) is 0 Å². The zero-order chi connectivity index (χ0) is 7.40. The number of hydrogen-bond donors (Lipinski definition) is 2. The molecule has 2 N–H and O–H groups in total. The Morgan fingerprint density at radius 3 is 2.27 bits per heavy atom. The van der Waals surface area contributed by atoms with Crippen LogP contribution in [-0.4, -0.2) is 40.8 Å². The number of rotatable bonds is 1. The minimum atomic E-state index is -1.04. The van der Waals surface area contributed by atoms with E-state index in [1.54, 1.807) is 24.3 Å². The molecule has 1 aromatic carbocycles. The number of carbonyl (C=O) groups is 1. The Hall–Kier alpha value is -0.510. The molecule has 1 aromatic rings. The summed E-state index contributed by atoms with van der Waals surface area (Å²) in [6.45, 7) is 0. The van der Waals surface area contributed by atoms with Crippen LogP contribution < -0.4 is 5.32 Å². The molecule has 0 unspecified atom stereocenters. The van der Waals surface area contributed by atoms with Crippen LogP contribution in [-0.2, 0) is 0 Å². The molecule has 0 aliphatic carbocycles. The third-order valence-corrected chi connectivity index (χ3v) is 1.03. The maximum absolute atomic E-state index is 10.1. The van der Waals surface area contributed by atoms with Gasteiger partial charge in [-0.1, -0.05) is 18.2 Å². The van der Waals surface area contributed by atoms with Crippen LogP contribution in [0, 0.1) is 0 Å². The Balaban J connectivity index is 0.000001000. The Bertz CT molecular complexity index is 225. The van der Waals surface area contributed by atoms with Crippen LogP contribution in [0.4, 0.5) is 10.5 Å². The van der Waals surface area contributed by atoms with Gasteiger partial charge in [0.15, 0.2) is 0 Å². The third kappa shape index (κ3) is 4.03. The van der Waals surface area contributed by atoms with Crippen molar-refractivity contribution in [3.63, 3.8) is 0 Å². The summed E-state index contributed by atoms with van der Waals surface area (Å²) in [5.41, 5.74) is 0.593. The van der Waals surface area contributed by atoms with Crippen molar-refractivity contribution >= 4 is 41.3 Å². The third-order valence-electron chi connectivity index (χ3n) is 1.03. The molecule has 1 amide bonds. The van der Waals surface area contributed by atoms with E-state index in [-0.39, 0.29) is 29.6 Å². The molecule has 1 rings (SSSR count). The van der Waals surface area contributed by atoms with Crippen molar-refractivity contribution in [3.05, 3.63) is 30.3 Å². The molecule has 0 bridgehead atoms. The number of nitrogens with one attached hydrogen (secondary N) is 1. The molecule has 0 saturated carbocycles. The van der Waals surface area contributed by atoms with Crippen molar-refractivity contribution in [3.8, 4) is 0 Å². The van der Waals surface area contributed by atoms with E-state index in [1.165, 1.54) is 0 Å². The molecule has 0 aliphatic heterocycles. The van der Waals surface area contributed by atoms with Crippen LogP contribution in [0.2, 0.25) is 0 Å². The van der Waals surface area contributed by atoms with E-state index in [0.29, 0.717) is 5.69 Å². The van der Waals surface area contributed by atoms with Crippen LogP contribution in [0.1, 0.15) is 0 Å². The Kier molecular flexibility index (Phi) is 4.94. The number of para-hydroxylation sites is 1. The summed E-state index contributed by atoms with van der Waals surface area (Å²) < 4.78 is 0. The zero-order valence-electron chi connectivity index (χ0n) is 5.24. The quantitative estimate of drug-likeness (QED) is 0.606. The molecule has 0 aromatic heterocycles. The molecule has 54 valence electrons. The first-order valence-electron chi connectivity index (χ1n) is 2.84. The van der Waals surface area contributed by atoms with Gasteiger partial charge in [0.25, 0.3) is 0 Å². The summed E-state index contributed by atoms with van der Waals surface area (Å²) >= 11 is 0. The van der Waals surface area contributed by atoms with Gasteiger partial charge >= 0.3 is 35.7 Å². The fraction of sp³-hybridized carbons (Fsp3) is 0. The fourth-order valence-electron chi connectivity index (χ4n) is 0.645. The second-order valence-corrected chi connectivity index (χ2v) is 1.80. The van der Waals surface area contributed by atoms with Gasteiger partial charge < -0.3 is 5.11 Å². The summed E-state index contributed by atoms with van der Waals surface area (Å²) in [4.78, 5) is 10.1. The standard InChI is InChI=1S/C7H7NO2.Na.H/c9-7(10)8-6-4-2-1-3-5-6;;/h1-5,8H,(H,9,10);;. The molecule has 0 aliphatic rings. The molecular weight excluding hydrogens is 153 g/mol. The normalized spacial score (nSPS) is 8.00. The predicted octanol–water partition coefficient (Wildman–Crippen LogP) is 1.13. The predicted molar refractivity (Wildman–Crippen MR) is 45.2 cm³/mol. The van der Waals surface area contributed by atoms with Gasteiger partial charge in [-0.15, -0.1) is 0 Å². The number of carboxylic acid groups (broad SMARTS) is 1. The maximum atomic E-state index is 10.1. The van der Waals surface area contributed by atoms with Crippen LogP contribution >= 0.6 is 0 Å². The molecule has 4 heteroatoms. The van der Waals surface area contributed by atoms with Gasteiger partial charge in [-0.3, -0.25) is 5.32 Å². The fourth-order valence-corrected chi connectivity index (χ4v) is 0.645. The van der Waals surface area contributed by atoms with Crippen molar-refractivity contribution < 1.29 is 9.90 Å². The molecule has 0 radical (unpaired) electrons. The SMILES string of the molecule is O=C(O)Nc1ccccc1.[NaH]. The average molecular weight is 161 g/mol. The monoisotopic (exact) mass is 161 g/mol. The Morgan fingerprint density at radius 2 is 1.82 bits per heavy atom. The Labute approximate surface area is 86.7 Å². The molecule has 0 spiro atoms. The summed E-state index contributed by atoms with van der Waals surface area (Å²) in [6.07, 6.45) is -1.04.